The van der Waals surface area contributed by atoms with Gasteiger partial charge in [0.1, 0.15) is 5.75 Å². The maximum absolute atomic E-state index is 11.1. The lowest BCUT2D eigenvalue weighted by molar-refractivity contribution is -0.139. The summed E-state index contributed by atoms with van der Waals surface area (Å²) in [6.07, 6.45) is 0.541. The summed E-state index contributed by atoms with van der Waals surface area (Å²) in [5.41, 5.74) is 6.03. The molecule has 5 heteroatoms. The van der Waals surface area contributed by atoms with Crippen LogP contribution in [0.3, 0.4) is 0 Å². The van der Waals surface area contributed by atoms with Gasteiger partial charge < -0.3 is 14.6 Å². The number of halogens is 1. The van der Waals surface area contributed by atoms with Crippen molar-refractivity contribution in [2.45, 2.75) is 59.2 Å². The van der Waals surface area contributed by atoms with Crippen LogP contribution in [-0.2, 0) is 9.53 Å². The van der Waals surface area contributed by atoms with Crippen LogP contribution in [0.15, 0.2) is 42.5 Å². The van der Waals surface area contributed by atoms with Gasteiger partial charge >= 0.3 is 5.97 Å². The van der Waals surface area contributed by atoms with E-state index in [1.807, 2.05) is 26.8 Å². The van der Waals surface area contributed by atoms with Crippen molar-refractivity contribution in [3.63, 3.8) is 0 Å². The lowest BCUT2D eigenvalue weighted by atomic mass is 9.75. The van der Waals surface area contributed by atoms with Crippen LogP contribution in [0, 0.1) is 26.7 Å². The van der Waals surface area contributed by atoms with Gasteiger partial charge in [-0.25, -0.2) is 4.79 Å². The third kappa shape index (κ3) is 4.97. The molecule has 0 spiro atoms. The Morgan fingerprint density at radius 1 is 1.26 bits per heavy atom. The summed E-state index contributed by atoms with van der Waals surface area (Å²) in [5.74, 6) is -0.223. The van der Waals surface area contributed by atoms with Gasteiger partial charge in [-0.2, -0.15) is 0 Å². The van der Waals surface area contributed by atoms with Crippen molar-refractivity contribution in [2.24, 2.45) is 5.92 Å². The largest absolute Gasteiger partial charge is 0.482 e. The second-order valence-corrected chi connectivity index (χ2v) is 9.07. The van der Waals surface area contributed by atoms with E-state index < -0.39 is 12.6 Å². The van der Waals surface area contributed by atoms with Gasteiger partial charge in [-0.1, -0.05) is 53.6 Å². The van der Waals surface area contributed by atoms with E-state index in [4.69, 9.17) is 26.2 Å². The van der Waals surface area contributed by atoms with Gasteiger partial charge in [0.25, 0.3) is 0 Å². The Kier molecular flexibility index (Phi) is 7.13. The van der Waals surface area contributed by atoms with Crippen molar-refractivity contribution in [3.8, 4) is 5.75 Å². The topological polar surface area (TPSA) is 55.8 Å². The van der Waals surface area contributed by atoms with Crippen LogP contribution in [0.5, 0.6) is 5.75 Å². The molecule has 0 bridgehead atoms. The van der Waals surface area contributed by atoms with Crippen LogP contribution in [0.2, 0.25) is 5.02 Å². The average molecular weight is 443 g/mol. The third-order valence-electron chi connectivity index (χ3n) is 6.27. The molecule has 1 fully saturated rings. The van der Waals surface area contributed by atoms with Crippen LogP contribution in [0.4, 0.5) is 0 Å². The maximum atomic E-state index is 11.1. The first-order valence-corrected chi connectivity index (χ1v) is 11.0. The van der Waals surface area contributed by atoms with Crippen molar-refractivity contribution in [3.05, 3.63) is 75.3 Å². The van der Waals surface area contributed by atoms with Gasteiger partial charge in [0.2, 0.25) is 0 Å². The second kappa shape index (κ2) is 9.46. The van der Waals surface area contributed by atoms with E-state index in [2.05, 4.69) is 44.7 Å². The van der Waals surface area contributed by atoms with Crippen molar-refractivity contribution in [2.75, 3.05) is 6.61 Å². The molecule has 0 aliphatic carbocycles. The predicted octanol–water partition coefficient (Wildman–Crippen LogP) is 6.55. The third-order valence-corrected chi connectivity index (χ3v) is 6.85. The van der Waals surface area contributed by atoms with Crippen LogP contribution in [-0.4, -0.2) is 23.8 Å². The number of aliphatic carboxylic acids is 1. The number of hydrogen-bond donors (Lipinski definition) is 1. The molecule has 1 aliphatic heterocycles. The molecule has 0 aromatic heterocycles. The van der Waals surface area contributed by atoms with E-state index in [1.54, 1.807) is 0 Å². The van der Waals surface area contributed by atoms with Crippen LogP contribution < -0.4 is 4.74 Å². The number of ether oxygens (including phenoxy) is 2. The number of carboxylic acid groups (broad SMARTS) is 1. The lowest BCUT2D eigenvalue weighted by Crippen LogP contribution is -2.35. The molecule has 1 heterocycles. The van der Waals surface area contributed by atoms with Crippen molar-refractivity contribution >= 4 is 17.6 Å². The molecule has 31 heavy (non-hydrogen) atoms. The van der Waals surface area contributed by atoms with E-state index in [-0.39, 0.29) is 24.0 Å². The lowest BCUT2D eigenvalue weighted by Gasteiger charge is -2.42. The number of carboxylic acids is 1. The number of aryl methyl sites for hydroxylation is 2. The minimum Gasteiger partial charge on any atom is -0.482 e. The Labute approximate surface area is 189 Å². The van der Waals surface area contributed by atoms with E-state index in [0.29, 0.717) is 10.8 Å². The summed E-state index contributed by atoms with van der Waals surface area (Å²) in [6.45, 7) is 13.9. The molecule has 1 N–H and O–H groups in total. The van der Waals surface area contributed by atoms with E-state index >= 15 is 0 Å². The standard InChI is InChI=1S/C26H31ClO4/c1-14(2)20-12-21(19-9-7-15(3)8-10-19)18(6)31-26(20)24-17(5)25(27)16(4)11-22(24)30-13-23(28)29/h7-11,18,20-21,26H,1,12-13H2,2-6H3,(H,28,29)/t18-,20+,21-,26-/m0/s1. The molecule has 1 saturated heterocycles. The summed E-state index contributed by atoms with van der Waals surface area (Å²) in [6, 6.07) is 10.4. The van der Waals surface area contributed by atoms with Gasteiger partial charge in [0.15, 0.2) is 6.61 Å². The smallest absolute Gasteiger partial charge is 0.341 e. The highest BCUT2D eigenvalue weighted by molar-refractivity contribution is 6.32. The van der Waals surface area contributed by atoms with Gasteiger partial charge in [-0.3, -0.25) is 0 Å². The van der Waals surface area contributed by atoms with E-state index in [0.717, 1.165) is 28.7 Å². The summed E-state index contributed by atoms with van der Waals surface area (Å²) in [4.78, 5) is 11.1. The van der Waals surface area contributed by atoms with Crippen LogP contribution in [0.1, 0.15) is 60.1 Å². The Morgan fingerprint density at radius 2 is 1.90 bits per heavy atom. The van der Waals surface area contributed by atoms with Crippen LogP contribution >= 0.6 is 11.6 Å². The highest BCUT2D eigenvalue weighted by atomic mass is 35.5. The van der Waals surface area contributed by atoms with Crippen molar-refractivity contribution in [1.82, 2.24) is 0 Å². The minimum absolute atomic E-state index is 0.0323. The fraction of sp³-hybridized carbons (Fsp3) is 0.423. The first-order valence-electron chi connectivity index (χ1n) is 10.6. The predicted molar refractivity (Wildman–Crippen MR) is 124 cm³/mol. The highest BCUT2D eigenvalue weighted by Crippen LogP contribution is 2.50. The molecule has 2 aromatic carbocycles. The molecule has 166 valence electrons. The monoisotopic (exact) mass is 442 g/mol. The molecule has 0 amide bonds. The van der Waals surface area contributed by atoms with E-state index in [9.17, 15) is 4.79 Å². The molecule has 0 saturated carbocycles. The zero-order valence-corrected chi connectivity index (χ0v) is 19.6. The van der Waals surface area contributed by atoms with Gasteiger partial charge in [0.05, 0.1) is 12.2 Å². The Morgan fingerprint density at radius 3 is 2.48 bits per heavy atom. The molecule has 4 nitrogen and oxygen atoms in total. The fourth-order valence-corrected chi connectivity index (χ4v) is 4.66. The van der Waals surface area contributed by atoms with Crippen LogP contribution in [0.25, 0.3) is 0 Å². The molecular formula is C26H31ClO4. The second-order valence-electron chi connectivity index (χ2n) is 8.69. The average Bonchev–Trinajstić information content (AvgIpc) is 2.71. The quantitative estimate of drug-likeness (QED) is 0.515. The molecule has 3 rings (SSSR count). The summed E-state index contributed by atoms with van der Waals surface area (Å²) in [5, 5.41) is 9.78. The summed E-state index contributed by atoms with van der Waals surface area (Å²) < 4.78 is 12.3. The molecule has 0 radical (unpaired) electrons. The Balaban J connectivity index is 2.03. The first kappa shape index (κ1) is 23.4. The normalized spacial score (nSPS) is 23.4. The fourth-order valence-electron chi connectivity index (χ4n) is 4.51. The molecular weight excluding hydrogens is 412 g/mol. The molecule has 0 unspecified atom stereocenters. The number of benzene rings is 2. The summed E-state index contributed by atoms with van der Waals surface area (Å²) >= 11 is 6.59. The SMILES string of the molecule is C=C(C)[C@H]1C[C@H](c2ccc(C)cc2)[C@H](C)O[C@@H]1c1c(OCC(=O)O)cc(C)c(Cl)c1C. The van der Waals surface area contributed by atoms with E-state index in [1.165, 1.54) is 11.1 Å². The van der Waals surface area contributed by atoms with Crippen molar-refractivity contribution < 1.29 is 19.4 Å². The molecule has 1 aliphatic rings. The molecule has 4 atom stereocenters. The van der Waals surface area contributed by atoms with Gasteiger partial charge in [-0.15, -0.1) is 0 Å². The Bertz CT molecular complexity index is 980. The minimum atomic E-state index is -1.02. The zero-order chi connectivity index (χ0) is 22.9. The van der Waals surface area contributed by atoms with Gasteiger partial charge in [0, 0.05) is 22.4 Å². The summed E-state index contributed by atoms with van der Waals surface area (Å²) in [7, 11) is 0. The van der Waals surface area contributed by atoms with Gasteiger partial charge in [-0.05, 0) is 63.8 Å². The zero-order valence-electron chi connectivity index (χ0n) is 18.9. The Hall–Kier alpha value is -2.30. The number of carbonyl (C=O) groups is 1. The number of rotatable bonds is 6. The maximum Gasteiger partial charge on any atom is 0.341 e. The highest BCUT2D eigenvalue weighted by Gasteiger charge is 2.40. The first-order chi connectivity index (χ1) is 14.6. The van der Waals surface area contributed by atoms with Crippen molar-refractivity contribution in [1.29, 1.82) is 0 Å². The molecule has 2 aromatic rings. The number of hydrogen-bond acceptors (Lipinski definition) is 3.